The van der Waals surface area contributed by atoms with Gasteiger partial charge in [0.05, 0.1) is 17.7 Å². The van der Waals surface area contributed by atoms with Crippen molar-refractivity contribution in [1.82, 2.24) is 10.2 Å². The maximum Gasteiger partial charge on any atom is 0.239 e. The minimum Gasteiger partial charge on any atom is -0.337 e. The number of rotatable bonds is 4. The molecule has 0 spiro atoms. The van der Waals surface area contributed by atoms with E-state index in [9.17, 15) is 9.18 Å². The van der Waals surface area contributed by atoms with Gasteiger partial charge >= 0.3 is 0 Å². The number of nitrogens with one attached hydrogen (secondary N) is 1. The Morgan fingerprint density at radius 2 is 2.40 bits per heavy atom. The summed E-state index contributed by atoms with van der Waals surface area (Å²) in [5.41, 5.74) is 0.732. The molecule has 2 rings (SSSR count). The fourth-order valence-electron chi connectivity index (χ4n) is 2.41. The number of halogens is 1. The second-order valence-electron chi connectivity index (χ2n) is 4.92. The molecule has 1 N–H and O–H groups in total. The van der Waals surface area contributed by atoms with Gasteiger partial charge in [-0.25, -0.2) is 4.39 Å². The van der Waals surface area contributed by atoms with Crippen LogP contribution in [0.5, 0.6) is 0 Å². The summed E-state index contributed by atoms with van der Waals surface area (Å²) in [5, 5.41) is 11.9. The van der Waals surface area contributed by atoms with E-state index in [-0.39, 0.29) is 24.1 Å². The molecule has 1 atom stereocenters. The molecule has 1 heterocycles. The first-order valence-electron chi connectivity index (χ1n) is 6.86. The molecule has 0 unspecified atom stereocenters. The van der Waals surface area contributed by atoms with Crippen molar-refractivity contribution in [3.05, 3.63) is 35.1 Å². The molecule has 1 aromatic carbocycles. The van der Waals surface area contributed by atoms with Crippen LogP contribution >= 0.6 is 0 Å². The molecule has 1 fully saturated rings. The number of nitrogens with zero attached hydrogens (tertiary/aromatic N) is 2. The number of carbonyl (C=O) groups is 1. The predicted molar refractivity (Wildman–Crippen MR) is 73.2 cm³/mol. The summed E-state index contributed by atoms with van der Waals surface area (Å²) in [7, 11) is 0. The monoisotopic (exact) mass is 275 g/mol. The molecule has 106 valence electrons. The first-order valence-corrected chi connectivity index (χ1v) is 6.86. The summed E-state index contributed by atoms with van der Waals surface area (Å²) in [6.07, 6.45) is 1.84. The van der Waals surface area contributed by atoms with Crippen LogP contribution in [-0.4, -0.2) is 29.9 Å². The minimum absolute atomic E-state index is 0.0220. The highest BCUT2D eigenvalue weighted by Gasteiger charge is 2.26. The van der Waals surface area contributed by atoms with Crippen LogP contribution in [0.15, 0.2) is 18.2 Å². The molecule has 0 saturated carbocycles. The van der Waals surface area contributed by atoms with Gasteiger partial charge in [0, 0.05) is 18.7 Å². The summed E-state index contributed by atoms with van der Waals surface area (Å²) in [6.45, 7) is 3.52. The Hall–Kier alpha value is -1.93. The lowest BCUT2D eigenvalue weighted by Gasteiger charge is -2.24. The summed E-state index contributed by atoms with van der Waals surface area (Å²) < 4.78 is 13.9. The van der Waals surface area contributed by atoms with E-state index in [0.717, 1.165) is 19.4 Å². The van der Waals surface area contributed by atoms with Crippen LogP contribution in [0.2, 0.25) is 0 Å². The highest BCUT2D eigenvalue weighted by Crippen LogP contribution is 2.15. The number of carbonyl (C=O) groups excluding carboxylic acids is 1. The second kappa shape index (κ2) is 6.49. The topological polar surface area (TPSA) is 56.1 Å². The molecule has 1 aromatic rings. The van der Waals surface area contributed by atoms with Gasteiger partial charge in [-0.1, -0.05) is 6.07 Å². The minimum atomic E-state index is -0.435. The lowest BCUT2D eigenvalue weighted by Crippen LogP contribution is -2.43. The zero-order valence-corrected chi connectivity index (χ0v) is 11.5. The fraction of sp³-hybridized carbons (Fsp3) is 0.467. The van der Waals surface area contributed by atoms with Crippen LogP contribution in [0.4, 0.5) is 4.39 Å². The molecule has 1 saturated heterocycles. The van der Waals surface area contributed by atoms with E-state index in [1.54, 1.807) is 17.0 Å². The van der Waals surface area contributed by atoms with Crippen molar-refractivity contribution in [1.29, 1.82) is 5.26 Å². The summed E-state index contributed by atoms with van der Waals surface area (Å²) in [6, 6.07) is 6.12. The lowest BCUT2D eigenvalue weighted by atomic mass is 10.1. The third-order valence-electron chi connectivity index (χ3n) is 3.60. The second-order valence-corrected chi connectivity index (χ2v) is 4.92. The van der Waals surface area contributed by atoms with Gasteiger partial charge in [0.2, 0.25) is 5.91 Å². The van der Waals surface area contributed by atoms with Gasteiger partial charge in [-0.05, 0) is 38.4 Å². The average Bonchev–Trinajstić information content (AvgIpc) is 2.99. The molecule has 0 aliphatic carbocycles. The van der Waals surface area contributed by atoms with Gasteiger partial charge in [-0.15, -0.1) is 0 Å². The van der Waals surface area contributed by atoms with Crippen LogP contribution < -0.4 is 5.32 Å². The molecule has 1 amide bonds. The van der Waals surface area contributed by atoms with Gasteiger partial charge in [0.15, 0.2) is 0 Å². The standard InChI is InChI=1S/C15H18FN3O/c1-2-19(15(20)14-4-3-7-18-14)10-12-6-5-11(9-17)8-13(12)16/h5-6,8,14,18H,2-4,7,10H2,1H3/t14-/m0/s1. The summed E-state index contributed by atoms with van der Waals surface area (Å²) in [5.74, 6) is -0.413. The van der Waals surface area contributed by atoms with E-state index >= 15 is 0 Å². The molecule has 5 heteroatoms. The van der Waals surface area contributed by atoms with E-state index in [2.05, 4.69) is 5.32 Å². The van der Waals surface area contributed by atoms with Gasteiger partial charge in [-0.3, -0.25) is 4.79 Å². The lowest BCUT2D eigenvalue weighted by molar-refractivity contribution is -0.133. The Labute approximate surface area is 118 Å². The Balaban J connectivity index is 2.10. The van der Waals surface area contributed by atoms with Crippen molar-refractivity contribution in [2.45, 2.75) is 32.4 Å². The Morgan fingerprint density at radius 3 is 2.95 bits per heavy atom. The summed E-state index contributed by atoms with van der Waals surface area (Å²) >= 11 is 0. The SMILES string of the molecule is CCN(Cc1ccc(C#N)cc1F)C(=O)[C@@H]1CCCN1. The summed E-state index contributed by atoms with van der Waals surface area (Å²) in [4.78, 5) is 14.0. The van der Waals surface area contributed by atoms with Crippen molar-refractivity contribution >= 4 is 5.91 Å². The molecule has 0 aromatic heterocycles. The molecular weight excluding hydrogens is 257 g/mol. The average molecular weight is 275 g/mol. The van der Waals surface area contributed by atoms with Crippen molar-refractivity contribution in [3.8, 4) is 6.07 Å². The number of likely N-dealkylation sites (N-methyl/N-ethyl adjacent to an activating group) is 1. The third kappa shape index (κ3) is 3.14. The molecule has 1 aliphatic rings. The zero-order valence-electron chi connectivity index (χ0n) is 11.5. The van der Waals surface area contributed by atoms with Crippen molar-refractivity contribution < 1.29 is 9.18 Å². The Bertz CT molecular complexity index is 532. The number of nitriles is 1. The maximum atomic E-state index is 13.9. The van der Waals surface area contributed by atoms with E-state index in [1.165, 1.54) is 6.07 Å². The van der Waals surface area contributed by atoms with Crippen LogP contribution in [0, 0.1) is 17.1 Å². The number of benzene rings is 1. The largest absolute Gasteiger partial charge is 0.337 e. The Kier molecular flexibility index (Phi) is 4.70. The molecular formula is C15H18FN3O. The van der Waals surface area contributed by atoms with Gasteiger partial charge in [0.25, 0.3) is 0 Å². The molecule has 1 aliphatic heterocycles. The van der Waals surface area contributed by atoms with Crippen LogP contribution in [0.25, 0.3) is 0 Å². The number of hydrogen-bond donors (Lipinski definition) is 1. The van der Waals surface area contributed by atoms with Crippen molar-refractivity contribution in [2.24, 2.45) is 0 Å². The van der Waals surface area contributed by atoms with E-state index < -0.39 is 5.82 Å². The highest BCUT2D eigenvalue weighted by atomic mass is 19.1. The maximum absolute atomic E-state index is 13.9. The van der Waals surface area contributed by atoms with Gasteiger partial charge in [-0.2, -0.15) is 5.26 Å². The molecule has 20 heavy (non-hydrogen) atoms. The predicted octanol–water partition coefficient (Wildman–Crippen LogP) is 1.80. The first kappa shape index (κ1) is 14.5. The van der Waals surface area contributed by atoms with E-state index in [4.69, 9.17) is 5.26 Å². The number of amides is 1. The fourth-order valence-corrected chi connectivity index (χ4v) is 2.41. The smallest absolute Gasteiger partial charge is 0.239 e. The van der Waals surface area contributed by atoms with Gasteiger partial charge < -0.3 is 10.2 Å². The van der Waals surface area contributed by atoms with Crippen LogP contribution in [-0.2, 0) is 11.3 Å². The highest BCUT2D eigenvalue weighted by molar-refractivity contribution is 5.82. The molecule has 0 radical (unpaired) electrons. The van der Waals surface area contributed by atoms with Crippen molar-refractivity contribution in [2.75, 3.05) is 13.1 Å². The quantitative estimate of drug-likeness (QED) is 0.911. The van der Waals surface area contributed by atoms with Crippen molar-refractivity contribution in [3.63, 3.8) is 0 Å². The first-order chi connectivity index (χ1) is 9.65. The molecule has 0 bridgehead atoms. The number of hydrogen-bond acceptors (Lipinski definition) is 3. The van der Waals surface area contributed by atoms with Crippen LogP contribution in [0.3, 0.4) is 0 Å². The van der Waals surface area contributed by atoms with E-state index in [0.29, 0.717) is 12.1 Å². The van der Waals surface area contributed by atoms with Gasteiger partial charge in [0.1, 0.15) is 5.82 Å². The zero-order chi connectivity index (χ0) is 14.5. The Morgan fingerprint density at radius 1 is 1.60 bits per heavy atom. The third-order valence-corrected chi connectivity index (χ3v) is 3.60. The van der Waals surface area contributed by atoms with E-state index in [1.807, 2.05) is 13.0 Å². The normalized spacial score (nSPS) is 17.8. The van der Waals surface area contributed by atoms with Crippen LogP contribution in [0.1, 0.15) is 30.9 Å². The molecule has 4 nitrogen and oxygen atoms in total.